The predicted molar refractivity (Wildman–Crippen MR) is 92.5 cm³/mol. The number of benzene rings is 2. The fourth-order valence-corrected chi connectivity index (χ4v) is 3.65. The molecule has 0 saturated carbocycles. The van der Waals surface area contributed by atoms with E-state index in [0.717, 1.165) is 11.1 Å². The second kappa shape index (κ2) is 7.32. The summed E-state index contributed by atoms with van der Waals surface area (Å²) in [7, 11) is 0. The fraction of sp³-hybridized carbons (Fsp3) is 0.200. The molecule has 1 unspecified atom stereocenters. The van der Waals surface area contributed by atoms with Crippen molar-refractivity contribution in [1.29, 1.82) is 0 Å². The van der Waals surface area contributed by atoms with Crippen LogP contribution in [0.25, 0.3) is 0 Å². The lowest BCUT2D eigenvalue weighted by molar-refractivity contribution is 0.340. The van der Waals surface area contributed by atoms with E-state index in [1.165, 1.54) is 12.1 Å². The summed E-state index contributed by atoms with van der Waals surface area (Å²) in [5.41, 5.74) is 1.49. The zero-order valence-corrected chi connectivity index (χ0v) is 15.7. The Hall–Kier alpha value is -0.290. The average Bonchev–Trinajstić information content (AvgIpc) is 2.41. The van der Waals surface area contributed by atoms with Crippen molar-refractivity contribution >= 4 is 55.1 Å². The first-order valence-corrected chi connectivity index (χ1v) is 8.60. The van der Waals surface area contributed by atoms with Crippen LogP contribution < -0.4 is 4.74 Å². The number of hydrogen-bond acceptors (Lipinski definition) is 1. The van der Waals surface area contributed by atoms with Gasteiger partial charge in [-0.15, -0.1) is 0 Å². The van der Waals surface area contributed by atoms with Crippen LogP contribution in [0.1, 0.15) is 22.9 Å². The summed E-state index contributed by atoms with van der Waals surface area (Å²) < 4.78 is 19.6. The van der Waals surface area contributed by atoms with Gasteiger partial charge in [-0.05, 0) is 42.3 Å². The maximum Gasteiger partial charge on any atom is 0.139 e. The summed E-state index contributed by atoms with van der Waals surface area (Å²) in [6, 6.07) is 8.07. The summed E-state index contributed by atoms with van der Waals surface area (Å²) in [5.74, 6) is 0.213. The lowest BCUT2D eigenvalue weighted by Gasteiger charge is -2.15. The van der Waals surface area contributed by atoms with Crippen LogP contribution in [0.5, 0.6) is 5.75 Å². The normalized spacial score (nSPS) is 12.3. The van der Waals surface area contributed by atoms with Crippen LogP contribution in [0, 0.1) is 5.82 Å². The highest BCUT2D eigenvalue weighted by atomic mass is 79.9. The Morgan fingerprint density at radius 1 is 1.14 bits per heavy atom. The summed E-state index contributed by atoms with van der Waals surface area (Å²) in [6.07, 6.45) is 0. The molecule has 21 heavy (non-hydrogen) atoms. The molecule has 2 rings (SSSR count). The lowest BCUT2D eigenvalue weighted by Crippen LogP contribution is -1.98. The summed E-state index contributed by atoms with van der Waals surface area (Å²) in [6.45, 7) is 2.37. The molecular formula is C15H11Br2Cl2FO. The van der Waals surface area contributed by atoms with E-state index in [4.69, 9.17) is 27.9 Å². The first-order chi connectivity index (χ1) is 9.92. The van der Waals surface area contributed by atoms with Gasteiger partial charge in [0.2, 0.25) is 0 Å². The Balaban J connectivity index is 2.43. The second-order valence-electron chi connectivity index (χ2n) is 4.30. The molecule has 0 aliphatic rings. The van der Waals surface area contributed by atoms with E-state index in [1.54, 1.807) is 12.1 Å². The minimum absolute atomic E-state index is 0.273. The molecule has 0 amide bonds. The Bertz CT molecular complexity index is 644. The van der Waals surface area contributed by atoms with E-state index in [0.29, 0.717) is 26.9 Å². The molecule has 0 radical (unpaired) electrons. The minimum atomic E-state index is -0.322. The van der Waals surface area contributed by atoms with Gasteiger partial charge in [0.1, 0.15) is 11.6 Å². The Morgan fingerprint density at radius 3 is 2.48 bits per heavy atom. The van der Waals surface area contributed by atoms with E-state index in [2.05, 4.69) is 31.9 Å². The number of halogens is 5. The molecule has 2 aromatic carbocycles. The molecule has 0 heterocycles. The number of hydrogen-bond donors (Lipinski definition) is 0. The van der Waals surface area contributed by atoms with Crippen molar-refractivity contribution in [2.75, 3.05) is 6.61 Å². The number of alkyl halides is 1. The van der Waals surface area contributed by atoms with Gasteiger partial charge in [0, 0.05) is 15.6 Å². The third-order valence-electron chi connectivity index (χ3n) is 2.80. The zero-order valence-electron chi connectivity index (χ0n) is 11.0. The number of ether oxygens (including phenoxy) is 1. The van der Waals surface area contributed by atoms with E-state index in [9.17, 15) is 4.39 Å². The first kappa shape index (κ1) is 17.1. The fourth-order valence-electron chi connectivity index (χ4n) is 1.91. The molecule has 0 bridgehead atoms. The third kappa shape index (κ3) is 4.13. The minimum Gasteiger partial charge on any atom is -0.492 e. The van der Waals surface area contributed by atoms with Crippen molar-refractivity contribution < 1.29 is 9.13 Å². The maximum atomic E-state index is 13.5. The van der Waals surface area contributed by atoms with Gasteiger partial charge in [0.15, 0.2) is 0 Å². The molecule has 112 valence electrons. The van der Waals surface area contributed by atoms with Crippen molar-refractivity contribution in [2.45, 2.75) is 11.8 Å². The highest BCUT2D eigenvalue weighted by Gasteiger charge is 2.18. The van der Waals surface area contributed by atoms with Gasteiger partial charge in [0.25, 0.3) is 0 Å². The number of rotatable bonds is 4. The molecule has 6 heteroatoms. The van der Waals surface area contributed by atoms with Crippen LogP contribution in [0.4, 0.5) is 4.39 Å². The van der Waals surface area contributed by atoms with Gasteiger partial charge in [-0.3, -0.25) is 0 Å². The van der Waals surface area contributed by atoms with E-state index < -0.39 is 0 Å². The maximum absolute atomic E-state index is 13.5. The molecule has 1 atom stereocenters. The third-order valence-corrected chi connectivity index (χ3v) is 4.90. The SMILES string of the molecule is CCOc1cc(Cl)c(C(Br)c2cc(F)cc(Br)c2)cc1Cl. The molecule has 0 spiro atoms. The molecule has 2 aromatic rings. The topological polar surface area (TPSA) is 9.23 Å². The second-order valence-corrected chi connectivity index (χ2v) is 6.95. The quantitative estimate of drug-likeness (QED) is 0.461. The van der Waals surface area contributed by atoms with Gasteiger partial charge in [0.05, 0.1) is 16.5 Å². The molecular weight excluding hydrogens is 446 g/mol. The van der Waals surface area contributed by atoms with Crippen LogP contribution in [-0.4, -0.2) is 6.61 Å². The van der Waals surface area contributed by atoms with Crippen molar-refractivity contribution in [3.8, 4) is 5.75 Å². The summed E-state index contributed by atoms with van der Waals surface area (Å²) >= 11 is 19.3. The molecule has 0 saturated heterocycles. The lowest BCUT2D eigenvalue weighted by atomic mass is 10.0. The predicted octanol–water partition coefficient (Wildman–Crippen LogP) is 6.78. The Kier molecular flexibility index (Phi) is 5.95. The Labute approximate surface area is 149 Å². The van der Waals surface area contributed by atoms with Crippen LogP contribution in [-0.2, 0) is 0 Å². The van der Waals surface area contributed by atoms with Crippen LogP contribution in [0.15, 0.2) is 34.8 Å². The van der Waals surface area contributed by atoms with E-state index in [1.807, 2.05) is 13.0 Å². The van der Waals surface area contributed by atoms with Crippen LogP contribution in [0.2, 0.25) is 10.0 Å². The summed E-state index contributed by atoms with van der Waals surface area (Å²) in [5, 5.41) is 0.973. The monoisotopic (exact) mass is 454 g/mol. The van der Waals surface area contributed by atoms with Gasteiger partial charge < -0.3 is 4.74 Å². The molecule has 1 nitrogen and oxygen atoms in total. The van der Waals surface area contributed by atoms with Crippen molar-refractivity contribution in [2.24, 2.45) is 0 Å². The van der Waals surface area contributed by atoms with Gasteiger partial charge >= 0.3 is 0 Å². The first-order valence-electron chi connectivity index (χ1n) is 6.14. The van der Waals surface area contributed by atoms with Crippen molar-refractivity contribution in [3.05, 3.63) is 61.8 Å². The summed E-state index contributed by atoms with van der Waals surface area (Å²) in [4.78, 5) is -0.273. The van der Waals surface area contributed by atoms with E-state index >= 15 is 0 Å². The molecule has 0 aliphatic heterocycles. The largest absolute Gasteiger partial charge is 0.492 e. The average molecular weight is 457 g/mol. The van der Waals surface area contributed by atoms with Gasteiger partial charge in [-0.2, -0.15) is 0 Å². The molecule has 0 aromatic heterocycles. The smallest absolute Gasteiger partial charge is 0.139 e. The zero-order chi connectivity index (χ0) is 15.6. The molecule has 0 aliphatic carbocycles. The Morgan fingerprint density at radius 2 is 1.86 bits per heavy atom. The van der Waals surface area contributed by atoms with Crippen LogP contribution >= 0.6 is 55.1 Å². The van der Waals surface area contributed by atoms with E-state index in [-0.39, 0.29) is 10.6 Å². The van der Waals surface area contributed by atoms with Gasteiger partial charge in [-0.25, -0.2) is 4.39 Å². The molecule has 0 N–H and O–H groups in total. The molecule has 0 fully saturated rings. The van der Waals surface area contributed by atoms with Crippen molar-refractivity contribution in [3.63, 3.8) is 0 Å². The highest BCUT2D eigenvalue weighted by Crippen LogP contribution is 2.40. The highest BCUT2D eigenvalue weighted by molar-refractivity contribution is 9.10. The van der Waals surface area contributed by atoms with Gasteiger partial charge in [-0.1, -0.05) is 55.1 Å². The van der Waals surface area contributed by atoms with Crippen molar-refractivity contribution in [1.82, 2.24) is 0 Å². The standard InChI is InChI=1S/C15H11Br2Cl2FO/c1-2-21-14-7-12(18)11(6-13(14)19)15(17)8-3-9(16)5-10(20)4-8/h3-7,15H,2H2,1H3. The van der Waals surface area contributed by atoms with Crippen LogP contribution in [0.3, 0.4) is 0 Å².